The summed E-state index contributed by atoms with van der Waals surface area (Å²) in [7, 11) is 1.58. The second-order valence-electron chi connectivity index (χ2n) is 8.15. The first-order valence-electron chi connectivity index (χ1n) is 11.6. The van der Waals surface area contributed by atoms with E-state index in [0.29, 0.717) is 33.7 Å². The van der Waals surface area contributed by atoms with Crippen LogP contribution >= 0.6 is 0 Å². The minimum absolute atomic E-state index is 0.198. The van der Waals surface area contributed by atoms with Crippen LogP contribution in [0.25, 0.3) is 27.8 Å². The highest BCUT2D eigenvalue weighted by molar-refractivity contribution is 6.20. The van der Waals surface area contributed by atoms with Gasteiger partial charge in [-0.25, -0.2) is 4.79 Å². The van der Waals surface area contributed by atoms with Gasteiger partial charge in [-0.05, 0) is 72.1 Å². The van der Waals surface area contributed by atoms with Gasteiger partial charge in [-0.2, -0.15) is 0 Å². The molecule has 0 aliphatic heterocycles. The van der Waals surface area contributed by atoms with Crippen molar-refractivity contribution in [2.75, 3.05) is 13.7 Å². The molecule has 0 saturated carbocycles. The Morgan fingerprint density at radius 1 is 0.861 bits per heavy atom. The molecule has 0 atom stereocenters. The van der Waals surface area contributed by atoms with Crippen molar-refractivity contribution in [1.82, 2.24) is 9.38 Å². The van der Waals surface area contributed by atoms with Crippen LogP contribution in [-0.4, -0.2) is 34.9 Å². The van der Waals surface area contributed by atoms with E-state index in [4.69, 9.17) is 9.47 Å². The SMILES string of the molecule is CCOC(=O)c1c(-c2ccccc2)c(C(=O)c2ccc(OC)cc2)c2cc(-c3ccncc3)ccn12. The Balaban J connectivity index is 1.84. The lowest BCUT2D eigenvalue weighted by Crippen LogP contribution is -2.10. The number of methoxy groups -OCH3 is 1. The van der Waals surface area contributed by atoms with Crippen molar-refractivity contribution in [1.29, 1.82) is 0 Å². The maximum Gasteiger partial charge on any atom is 0.355 e. The van der Waals surface area contributed by atoms with Crippen LogP contribution in [0.1, 0.15) is 33.3 Å². The molecule has 0 unspecified atom stereocenters. The number of aromatic nitrogens is 2. The van der Waals surface area contributed by atoms with Crippen LogP contribution in [0.15, 0.2) is 97.5 Å². The number of rotatable bonds is 7. The van der Waals surface area contributed by atoms with E-state index < -0.39 is 5.97 Å². The molecule has 0 N–H and O–H groups in total. The third-order valence-corrected chi connectivity index (χ3v) is 6.06. The normalized spacial score (nSPS) is 10.8. The predicted octanol–water partition coefficient (Wildman–Crippen LogP) is 6.08. The quantitative estimate of drug-likeness (QED) is 0.210. The molecule has 178 valence electrons. The molecule has 5 aromatic rings. The Kier molecular flexibility index (Phi) is 6.33. The number of hydrogen-bond donors (Lipinski definition) is 0. The molecule has 0 amide bonds. The van der Waals surface area contributed by atoms with E-state index in [0.717, 1.165) is 16.7 Å². The zero-order valence-electron chi connectivity index (χ0n) is 20.0. The van der Waals surface area contributed by atoms with E-state index in [-0.39, 0.29) is 12.4 Å². The standard InChI is InChI=1S/C30H24N2O4/c1-3-36-30(34)28-26(21-7-5-4-6-8-21)27(29(33)22-9-11-24(35-2)12-10-22)25-19-23(15-18-32(25)28)20-13-16-31-17-14-20/h4-19H,3H2,1-2H3. The van der Waals surface area contributed by atoms with Gasteiger partial charge in [-0.1, -0.05) is 30.3 Å². The Bertz CT molecular complexity index is 1540. The summed E-state index contributed by atoms with van der Waals surface area (Å²) in [5, 5.41) is 0. The van der Waals surface area contributed by atoms with E-state index in [1.807, 2.05) is 60.8 Å². The van der Waals surface area contributed by atoms with Crippen molar-refractivity contribution in [3.8, 4) is 28.0 Å². The van der Waals surface area contributed by atoms with Crippen LogP contribution in [0.2, 0.25) is 0 Å². The molecule has 0 aliphatic rings. The summed E-state index contributed by atoms with van der Waals surface area (Å²) in [6, 6.07) is 24.1. The van der Waals surface area contributed by atoms with Gasteiger partial charge in [0.2, 0.25) is 0 Å². The fourth-order valence-electron chi connectivity index (χ4n) is 4.38. The van der Waals surface area contributed by atoms with Crippen molar-refractivity contribution in [3.05, 3.63) is 114 Å². The molecular weight excluding hydrogens is 452 g/mol. The van der Waals surface area contributed by atoms with Crippen molar-refractivity contribution in [3.63, 3.8) is 0 Å². The van der Waals surface area contributed by atoms with E-state index in [1.54, 1.807) is 55.1 Å². The van der Waals surface area contributed by atoms with Crippen LogP contribution in [0, 0.1) is 0 Å². The van der Waals surface area contributed by atoms with E-state index >= 15 is 0 Å². The number of esters is 1. The Morgan fingerprint density at radius 2 is 1.58 bits per heavy atom. The first-order chi connectivity index (χ1) is 17.6. The summed E-state index contributed by atoms with van der Waals surface area (Å²) < 4.78 is 12.5. The maximum atomic E-state index is 14.1. The molecule has 3 heterocycles. The Labute approximate surface area is 208 Å². The fraction of sp³-hybridized carbons (Fsp3) is 0.100. The number of carbonyl (C=O) groups excluding carboxylic acids is 2. The Morgan fingerprint density at radius 3 is 2.25 bits per heavy atom. The molecule has 0 bridgehead atoms. The molecule has 0 spiro atoms. The monoisotopic (exact) mass is 476 g/mol. The first kappa shape index (κ1) is 23.1. The van der Waals surface area contributed by atoms with Gasteiger partial charge in [0.1, 0.15) is 11.4 Å². The molecule has 3 aromatic heterocycles. The largest absolute Gasteiger partial charge is 0.497 e. The van der Waals surface area contributed by atoms with Gasteiger partial charge < -0.3 is 13.9 Å². The number of fused-ring (bicyclic) bond motifs is 1. The summed E-state index contributed by atoms with van der Waals surface area (Å²) in [6.45, 7) is 1.98. The number of ketones is 1. The second kappa shape index (κ2) is 9.88. The third kappa shape index (κ3) is 4.14. The van der Waals surface area contributed by atoms with Crippen molar-refractivity contribution in [2.45, 2.75) is 6.92 Å². The van der Waals surface area contributed by atoms with Gasteiger partial charge in [0.25, 0.3) is 0 Å². The highest BCUT2D eigenvalue weighted by atomic mass is 16.5. The number of pyridine rings is 2. The predicted molar refractivity (Wildman–Crippen MR) is 138 cm³/mol. The van der Waals surface area contributed by atoms with E-state index in [9.17, 15) is 9.59 Å². The average molecular weight is 477 g/mol. The topological polar surface area (TPSA) is 69.9 Å². The Hall–Kier alpha value is -4.71. The highest BCUT2D eigenvalue weighted by Gasteiger charge is 2.29. The van der Waals surface area contributed by atoms with Crippen LogP contribution in [0.5, 0.6) is 5.75 Å². The minimum Gasteiger partial charge on any atom is -0.497 e. The smallest absolute Gasteiger partial charge is 0.355 e. The maximum absolute atomic E-state index is 14.1. The molecule has 0 aliphatic carbocycles. The van der Waals surface area contributed by atoms with Gasteiger partial charge in [0, 0.05) is 29.7 Å². The lowest BCUT2D eigenvalue weighted by Gasteiger charge is -2.08. The number of ether oxygens (including phenoxy) is 2. The molecule has 5 rings (SSSR count). The van der Waals surface area contributed by atoms with Gasteiger partial charge in [0.05, 0.1) is 24.8 Å². The summed E-state index contributed by atoms with van der Waals surface area (Å²) >= 11 is 0. The molecule has 0 saturated heterocycles. The third-order valence-electron chi connectivity index (χ3n) is 6.06. The zero-order valence-corrected chi connectivity index (χ0v) is 20.0. The van der Waals surface area contributed by atoms with E-state index in [2.05, 4.69) is 4.98 Å². The van der Waals surface area contributed by atoms with Gasteiger partial charge in [-0.15, -0.1) is 0 Å². The van der Waals surface area contributed by atoms with Crippen LogP contribution in [0.3, 0.4) is 0 Å². The van der Waals surface area contributed by atoms with Crippen molar-refractivity contribution >= 4 is 17.3 Å². The first-order valence-corrected chi connectivity index (χ1v) is 11.6. The summed E-state index contributed by atoms with van der Waals surface area (Å²) in [5.74, 6) is -0.0306. The molecule has 0 radical (unpaired) electrons. The molecule has 2 aromatic carbocycles. The summed E-state index contributed by atoms with van der Waals surface area (Å²) in [4.78, 5) is 31.5. The minimum atomic E-state index is -0.489. The van der Waals surface area contributed by atoms with Crippen molar-refractivity contribution in [2.24, 2.45) is 0 Å². The van der Waals surface area contributed by atoms with Crippen LogP contribution < -0.4 is 4.74 Å². The van der Waals surface area contributed by atoms with Crippen LogP contribution in [0.4, 0.5) is 0 Å². The van der Waals surface area contributed by atoms with Crippen molar-refractivity contribution < 1.29 is 19.1 Å². The number of nitrogens with zero attached hydrogens (tertiary/aromatic N) is 2. The molecule has 6 nitrogen and oxygen atoms in total. The number of hydrogen-bond acceptors (Lipinski definition) is 5. The molecular formula is C30H24N2O4. The molecule has 36 heavy (non-hydrogen) atoms. The van der Waals surface area contributed by atoms with Gasteiger partial charge >= 0.3 is 5.97 Å². The second-order valence-corrected chi connectivity index (χ2v) is 8.15. The lowest BCUT2D eigenvalue weighted by molar-refractivity contribution is 0.0519. The molecule has 6 heteroatoms. The van der Waals surface area contributed by atoms with E-state index in [1.165, 1.54) is 0 Å². The lowest BCUT2D eigenvalue weighted by atomic mass is 9.94. The number of benzene rings is 2. The zero-order chi connectivity index (χ0) is 25.1. The summed E-state index contributed by atoms with van der Waals surface area (Å²) in [6.07, 6.45) is 5.26. The molecule has 0 fully saturated rings. The van der Waals surface area contributed by atoms with Gasteiger partial charge in [0.15, 0.2) is 5.78 Å². The number of carbonyl (C=O) groups is 2. The van der Waals surface area contributed by atoms with Crippen LogP contribution in [-0.2, 0) is 4.74 Å². The average Bonchev–Trinajstić information content (AvgIpc) is 3.28. The van der Waals surface area contributed by atoms with Gasteiger partial charge in [-0.3, -0.25) is 9.78 Å². The highest BCUT2D eigenvalue weighted by Crippen LogP contribution is 2.37. The fourth-order valence-corrected chi connectivity index (χ4v) is 4.38. The summed E-state index contributed by atoms with van der Waals surface area (Å²) in [5.41, 5.74) is 5.02.